The molecule has 0 spiro atoms. The number of aryl methyl sites for hydroxylation is 2. The zero-order valence-electron chi connectivity index (χ0n) is 18.7. The fraction of sp³-hybridized carbons (Fsp3) is 0.538. The van der Waals surface area contributed by atoms with Gasteiger partial charge in [-0.1, -0.05) is 12.1 Å². The Morgan fingerprint density at radius 1 is 0.733 bits per heavy atom. The van der Waals surface area contributed by atoms with Gasteiger partial charge in [-0.05, 0) is 86.1 Å². The molecule has 2 aromatic carbocycles. The SMILES string of the molecule is CCN1CCc2cc(C3C(O)C(c4cc5c(cc4C)N(CC)CC5)C3O)c(C)cc21. The number of aliphatic hydroxyl groups is 2. The number of anilines is 2. The third-order valence-corrected chi connectivity index (χ3v) is 7.87. The molecule has 30 heavy (non-hydrogen) atoms. The van der Waals surface area contributed by atoms with Crippen molar-refractivity contribution in [2.24, 2.45) is 0 Å². The van der Waals surface area contributed by atoms with Gasteiger partial charge < -0.3 is 20.0 Å². The number of fused-ring (bicyclic) bond motifs is 2. The molecule has 4 heteroatoms. The van der Waals surface area contributed by atoms with Crippen molar-refractivity contribution in [3.63, 3.8) is 0 Å². The lowest BCUT2D eigenvalue weighted by atomic mass is 9.61. The predicted molar refractivity (Wildman–Crippen MR) is 123 cm³/mol. The summed E-state index contributed by atoms with van der Waals surface area (Å²) in [6.45, 7) is 12.8. The van der Waals surface area contributed by atoms with Crippen LogP contribution in [-0.2, 0) is 12.8 Å². The Kier molecular flexibility index (Phi) is 4.83. The topological polar surface area (TPSA) is 46.9 Å². The van der Waals surface area contributed by atoms with Crippen LogP contribution in [-0.4, -0.2) is 48.6 Å². The molecule has 0 unspecified atom stereocenters. The van der Waals surface area contributed by atoms with Gasteiger partial charge in [0.1, 0.15) is 0 Å². The van der Waals surface area contributed by atoms with E-state index in [1.165, 1.54) is 33.6 Å². The van der Waals surface area contributed by atoms with E-state index in [0.29, 0.717) is 0 Å². The molecule has 4 nitrogen and oxygen atoms in total. The van der Waals surface area contributed by atoms with Gasteiger partial charge in [-0.3, -0.25) is 0 Å². The van der Waals surface area contributed by atoms with Gasteiger partial charge in [0.15, 0.2) is 0 Å². The molecule has 1 saturated carbocycles. The van der Waals surface area contributed by atoms with Crippen LogP contribution in [0, 0.1) is 13.8 Å². The van der Waals surface area contributed by atoms with Crippen LogP contribution in [0.1, 0.15) is 59.1 Å². The zero-order valence-corrected chi connectivity index (χ0v) is 18.7. The summed E-state index contributed by atoms with van der Waals surface area (Å²) >= 11 is 0. The van der Waals surface area contributed by atoms with Gasteiger partial charge >= 0.3 is 0 Å². The summed E-state index contributed by atoms with van der Waals surface area (Å²) in [5, 5.41) is 22.4. The number of likely N-dealkylation sites (N-methyl/N-ethyl adjacent to an activating group) is 2. The van der Waals surface area contributed by atoms with E-state index in [2.05, 4.69) is 61.8 Å². The van der Waals surface area contributed by atoms with Crippen LogP contribution in [0.3, 0.4) is 0 Å². The largest absolute Gasteiger partial charge is 0.392 e. The fourth-order valence-corrected chi connectivity index (χ4v) is 6.07. The van der Waals surface area contributed by atoms with Crippen molar-refractivity contribution in [2.75, 3.05) is 36.0 Å². The van der Waals surface area contributed by atoms with Crippen molar-refractivity contribution < 1.29 is 10.2 Å². The van der Waals surface area contributed by atoms with Crippen LogP contribution in [0.2, 0.25) is 0 Å². The van der Waals surface area contributed by atoms with Crippen LogP contribution in [0.4, 0.5) is 11.4 Å². The van der Waals surface area contributed by atoms with E-state index in [9.17, 15) is 10.2 Å². The lowest BCUT2D eigenvalue weighted by molar-refractivity contribution is -0.0789. The third kappa shape index (κ3) is 2.80. The first-order valence-electron chi connectivity index (χ1n) is 11.6. The highest BCUT2D eigenvalue weighted by atomic mass is 16.3. The van der Waals surface area contributed by atoms with E-state index in [1.54, 1.807) is 0 Å². The molecule has 2 aliphatic heterocycles. The van der Waals surface area contributed by atoms with Gasteiger partial charge in [0.2, 0.25) is 0 Å². The second-order valence-electron chi connectivity index (χ2n) is 9.37. The lowest BCUT2D eigenvalue weighted by Crippen LogP contribution is -2.52. The zero-order chi connectivity index (χ0) is 21.2. The van der Waals surface area contributed by atoms with Crippen LogP contribution >= 0.6 is 0 Å². The summed E-state index contributed by atoms with van der Waals surface area (Å²) < 4.78 is 0. The molecule has 3 aliphatic rings. The third-order valence-electron chi connectivity index (χ3n) is 7.87. The molecule has 2 heterocycles. The van der Waals surface area contributed by atoms with Crippen molar-refractivity contribution in [3.8, 4) is 0 Å². The number of aliphatic hydroxyl groups excluding tert-OH is 2. The van der Waals surface area contributed by atoms with Gasteiger partial charge in [-0.25, -0.2) is 0 Å². The quantitative estimate of drug-likeness (QED) is 0.813. The summed E-state index contributed by atoms with van der Waals surface area (Å²) in [6.07, 6.45) is 1.02. The minimum atomic E-state index is -0.541. The molecular weight excluding hydrogens is 372 g/mol. The summed E-state index contributed by atoms with van der Waals surface area (Å²) in [7, 11) is 0. The van der Waals surface area contributed by atoms with Crippen molar-refractivity contribution >= 4 is 11.4 Å². The average Bonchev–Trinajstić information content (AvgIpc) is 3.31. The number of hydrogen-bond acceptors (Lipinski definition) is 4. The highest BCUT2D eigenvalue weighted by Gasteiger charge is 2.51. The monoisotopic (exact) mass is 406 g/mol. The molecule has 0 radical (unpaired) electrons. The van der Waals surface area contributed by atoms with Gasteiger partial charge in [-0.2, -0.15) is 0 Å². The molecule has 5 rings (SSSR count). The van der Waals surface area contributed by atoms with Crippen molar-refractivity contribution in [1.82, 2.24) is 0 Å². The fourth-order valence-electron chi connectivity index (χ4n) is 6.07. The summed E-state index contributed by atoms with van der Waals surface area (Å²) in [5.74, 6) is -0.397. The van der Waals surface area contributed by atoms with Crippen molar-refractivity contribution in [3.05, 3.63) is 57.6 Å². The smallest absolute Gasteiger partial charge is 0.0727 e. The number of rotatable bonds is 4. The molecule has 0 amide bonds. The van der Waals surface area contributed by atoms with E-state index in [-0.39, 0.29) is 11.8 Å². The maximum Gasteiger partial charge on any atom is 0.0727 e. The summed E-state index contributed by atoms with van der Waals surface area (Å²) in [6, 6.07) is 9.02. The van der Waals surface area contributed by atoms with Gasteiger partial charge in [0, 0.05) is 49.4 Å². The molecule has 0 bridgehead atoms. The molecule has 160 valence electrons. The minimum Gasteiger partial charge on any atom is -0.392 e. The Morgan fingerprint density at radius 2 is 1.13 bits per heavy atom. The highest BCUT2D eigenvalue weighted by Crippen LogP contribution is 2.51. The minimum absolute atomic E-state index is 0.198. The van der Waals surface area contributed by atoms with Crippen LogP contribution in [0.15, 0.2) is 24.3 Å². The molecule has 2 aromatic rings. The average molecular weight is 407 g/mol. The number of nitrogens with zero attached hydrogens (tertiary/aromatic N) is 2. The van der Waals surface area contributed by atoms with E-state index in [0.717, 1.165) is 50.1 Å². The normalized spacial score (nSPS) is 27.3. The number of hydrogen-bond donors (Lipinski definition) is 2. The molecule has 1 fully saturated rings. The maximum absolute atomic E-state index is 11.2. The molecule has 2 N–H and O–H groups in total. The van der Waals surface area contributed by atoms with E-state index in [1.807, 2.05) is 0 Å². The van der Waals surface area contributed by atoms with Gasteiger partial charge in [0.05, 0.1) is 12.2 Å². The van der Waals surface area contributed by atoms with Crippen LogP contribution < -0.4 is 9.80 Å². The van der Waals surface area contributed by atoms with Crippen LogP contribution in [0.25, 0.3) is 0 Å². The Balaban J connectivity index is 1.44. The van der Waals surface area contributed by atoms with Crippen molar-refractivity contribution in [1.29, 1.82) is 0 Å². The Hall–Kier alpha value is -2.04. The molecule has 0 saturated heterocycles. The maximum atomic E-state index is 11.2. The van der Waals surface area contributed by atoms with Crippen LogP contribution in [0.5, 0.6) is 0 Å². The Labute approximate surface area is 180 Å². The number of benzene rings is 2. The summed E-state index contributed by atoms with van der Waals surface area (Å²) in [5.41, 5.74) is 9.97. The van der Waals surface area contributed by atoms with Gasteiger partial charge in [-0.15, -0.1) is 0 Å². The van der Waals surface area contributed by atoms with E-state index < -0.39 is 12.2 Å². The Morgan fingerprint density at radius 3 is 1.50 bits per heavy atom. The Bertz CT molecular complexity index is 898. The first-order valence-corrected chi connectivity index (χ1v) is 11.6. The second-order valence-corrected chi connectivity index (χ2v) is 9.37. The predicted octanol–water partition coefficient (Wildman–Crippen LogP) is 3.67. The van der Waals surface area contributed by atoms with E-state index in [4.69, 9.17) is 0 Å². The first-order chi connectivity index (χ1) is 14.4. The molecule has 0 atom stereocenters. The van der Waals surface area contributed by atoms with Gasteiger partial charge in [0.25, 0.3) is 0 Å². The summed E-state index contributed by atoms with van der Waals surface area (Å²) in [4.78, 5) is 4.83. The first kappa shape index (κ1) is 19.9. The molecule has 1 aliphatic carbocycles. The molecule has 0 aromatic heterocycles. The molecular formula is C26H34N2O2. The standard InChI is InChI=1S/C26H34N2O2/c1-5-27-9-7-17-13-19(15(3)11-21(17)27)23-25(29)24(26(23)30)20-14-18-8-10-28(6-2)22(18)12-16(20)4/h11-14,23-26,29-30H,5-10H2,1-4H3. The lowest BCUT2D eigenvalue weighted by Gasteiger charge is -2.48. The van der Waals surface area contributed by atoms with Crippen molar-refractivity contribution in [2.45, 2.75) is 64.6 Å². The second kappa shape index (κ2) is 7.28. The van der Waals surface area contributed by atoms with E-state index >= 15 is 0 Å². The highest BCUT2D eigenvalue weighted by molar-refractivity contribution is 5.64.